The lowest BCUT2D eigenvalue weighted by atomic mass is 10.1. The van der Waals surface area contributed by atoms with E-state index in [2.05, 4.69) is 11.4 Å². The third-order valence-electron chi connectivity index (χ3n) is 4.41. The molecule has 24 heavy (non-hydrogen) atoms. The van der Waals surface area contributed by atoms with Crippen molar-refractivity contribution in [2.45, 2.75) is 13.5 Å². The van der Waals surface area contributed by atoms with Crippen LogP contribution in [0.5, 0.6) is 0 Å². The highest BCUT2D eigenvalue weighted by Crippen LogP contribution is 2.32. The van der Waals surface area contributed by atoms with Crippen molar-refractivity contribution >= 4 is 34.1 Å². The van der Waals surface area contributed by atoms with E-state index in [1.165, 1.54) is 6.92 Å². The number of fused-ring (bicyclic) bond motifs is 2. The monoisotopic (exact) mass is 319 g/mol. The molecule has 1 aliphatic rings. The summed E-state index contributed by atoms with van der Waals surface area (Å²) in [7, 11) is 1.99. The maximum Gasteiger partial charge on any atom is 0.258 e. The molecule has 120 valence electrons. The predicted molar refractivity (Wildman–Crippen MR) is 94.2 cm³/mol. The highest BCUT2D eigenvalue weighted by Gasteiger charge is 2.28. The average molecular weight is 319 g/mol. The first-order valence-electron chi connectivity index (χ1n) is 7.80. The Labute approximate surface area is 139 Å². The molecular weight excluding hydrogens is 302 g/mol. The van der Waals surface area contributed by atoms with Crippen molar-refractivity contribution in [1.82, 2.24) is 4.57 Å². The number of nitrogens with zero attached hydrogens (tertiary/aromatic N) is 2. The van der Waals surface area contributed by atoms with E-state index in [4.69, 9.17) is 0 Å². The Morgan fingerprint density at radius 2 is 1.96 bits per heavy atom. The Morgan fingerprint density at radius 1 is 1.12 bits per heavy atom. The molecule has 0 saturated heterocycles. The van der Waals surface area contributed by atoms with Crippen molar-refractivity contribution in [2.24, 2.45) is 7.05 Å². The van der Waals surface area contributed by atoms with Crippen LogP contribution >= 0.6 is 0 Å². The summed E-state index contributed by atoms with van der Waals surface area (Å²) in [5.74, 6) is -0.127. The molecule has 0 bridgehead atoms. The van der Waals surface area contributed by atoms with E-state index in [0.717, 1.165) is 22.2 Å². The second-order valence-corrected chi connectivity index (χ2v) is 6.11. The molecular formula is C19H17N3O2. The second kappa shape index (κ2) is 5.23. The Bertz CT molecular complexity index is 987. The lowest BCUT2D eigenvalue weighted by molar-refractivity contribution is -0.114. The summed E-state index contributed by atoms with van der Waals surface area (Å²) in [6.45, 7) is 1.98. The number of rotatable bonds is 2. The Kier molecular flexibility index (Phi) is 3.16. The fraction of sp³-hybridized carbons (Fsp3) is 0.158. The molecule has 0 fully saturated rings. The molecule has 2 heterocycles. The van der Waals surface area contributed by atoms with Gasteiger partial charge in [0.2, 0.25) is 5.91 Å². The molecule has 5 nitrogen and oxygen atoms in total. The van der Waals surface area contributed by atoms with Gasteiger partial charge in [-0.25, -0.2) is 0 Å². The molecule has 4 rings (SSSR count). The standard InChI is InChI=1S/C19H17N3O2/c1-12(23)20-15-4-6-17-14(9-15)11-22(19(17)24)16-5-3-13-7-8-21(2)18(13)10-16/h3-10H,11H2,1-2H3,(H,20,23). The van der Waals surface area contributed by atoms with Crippen LogP contribution in [0.4, 0.5) is 11.4 Å². The summed E-state index contributed by atoms with van der Waals surface area (Å²) in [5.41, 5.74) is 4.31. The number of carbonyl (C=O) groups is 2. The molecule has 0 spiro atoms. The zero-order chi connectivity index (χ0) is 16.8. The summed E-state index contributed by atoms with van der Waals surface area (Å²) in [4.78, 5) is 25.7. The van der Waals surface area contributed by atoms with Crippen molar-refractivity contribution in [3.8, 4) is 0 Å². The minimum atomic E-state index is -0.120. The van der Waals surface area contributed by atoms with Gasteiger partial charge in [-0.15, -0.1) is 0 Å². The van der Waals surface area contributed by atoms with E-state index < -0.39 is 0 Å². The molecule has 1 N–H and O–H groups in total. The molecule has 2 aromatic carbocycles. The molecule has 0 aliphatic carbocycles. The Hall–Kier alpha value is -3.08. The van der Waals surface area contributed by atoms with Gasteiger partial charge in [0.15, 0.2) is 0 Å². The van der Waals surface area contributed by atoms with Crippen molar-refractivity contribution in [1.29, 1.82) is 0 Å². The van der Waals surface area contributed by atoms with Crippen LogP contribution < -0.4 is 10.2 Å². The number of anilines is 2. The fourth-order valence-electron chi connectivity index (χ4n) is 3.23. The SMILES string of the molecule is CC(=O)Nc1ccc2c(c1)CN(c1ccc3ccn(C)c3c1)C2=O. The average Bonchev–Trinajstić information content (AvgIpc) is 3.07. The summed E-state index contributed by atoms with van der Waals surface area (Å²) < 4.78 is 2.04. The van der Waals surface area contributed by atoms with Gasteiger partial charge < -0.3 is 14.8 Å². The lowest BCUT2D eigenvalue weighted by Crippen LogP contribution is -2.22. The van der Waals surface area contributed by atoms with E-state index >= 15 is 0 Å². The maximum absolute atomic E-state index is 12.7. The van der Waals surface area contributed by atoms with Crippen LogP contribution in [0.3, 0.4) is 0 Å². The smallest absolute Gasteiger partial charge is 0.258 e. The number of nitrogens with one attached hydrogen (secondary N) is 1. The molecule has 0 atom stereocenters. The lowest BCUT2D eigenvalue weighted by Gasteiger charge is -2.16. The number of aromatic nitrogens is 1. The van der Waals surface area contributed by atoms with E-state index in [1.54, 1.807) is 17.0 Å². The minimum absolute atomic E-state index is 0.00654. The first-order chi connectivity index (χ1) is 11.5. The van der Waals surface area contributed by atoms with Crippen molar-refractivity contribution in [3.05, 3.63) is 59.8 Å². The van der Waals surface area contributed by atoms with Crippen LogP contribution in [0.2, 0.25) is 0 Å². The second-order valence-electron chi connectivity index (χ2n) is 6.11. The van der Waals surface area contributed by atoms with Crippen LogP contribution in [0, 0.1) is 0 Å². The molecule has 0 saturated carbocycles. The zero-order valence-corrected chi connectivity index (χ0v) is 13.5. The van der Waals surface area contributed by atoms with Crippen LogP contribution in [0.15, 0.2) is 48.7 Å². The summed E-state index contributed by atoms with van der Waals surface area (Å²) >= 11 is 0. The van der Waals surface area contributed by atoms with E-state index in [9.17, 15) is 9.59 Å². The quantitative estimate of drug-likeness (QED) is 0.788. The van der Waals surface area contributed by atoms with Gasteiger partial charge in [0.1, 0.15) is 0 Å². The fourth-order valence-corrected chi connectivity index (χ4v) is 3.23. The van der Waals surface area contributed by atoms with E-state index in [0.29, 0.717) is 17.8 Å². The Balaban J connectivity index is 1.70. The van der Waals surface area contributed by atoms with Crippen LogP contribution in [0.1, 0.15) is 22.8 Å². The summed E-state index contributed by atoms with van der Waals surface area (Å²) in [6.07, 6.45) is 2.01. The van der Waals surface area contributed by atoms with Gasteiger partial charge in [-0.05, 0) is 47.3 Å². The zero-order valence-electron chi connectivity index (χ0n) is 13.5. The van der Waals surface area contributed by atoms with Gasteiger partial charge in [0.05, 0.1) is 6.54 Å². The van der Waals surface area contributed by atoms with Gasteiger partial charge in [-0.1, -0.05) is 6.07 Å². The predicted octanol–water partition coefficient (Wildman–Crippen LogP) is 3.30. The highest BCUT2D eigenvalue weighted by molar-refractivity contribution is 6.11. The normalized spacial score (nSPS) is 13.4. The van der Waals surface area contributed by atoms with Crippen molar-refractivity contribution < 1.29 is 9.59 Å². The first kappa shape index (κ1) is 14.5. The third-order valence-corrected chi connectivity index (χ3v) is 4.41. The number of hydrogen-bond donors (Lipinski definition) is 1. The first-order valence-corrected chi connectivity index (χ1v) is 7.80. The Morgan fingerprint density at radius 3 is 2.75 bits per heavy atom. The van der Waals surface area contributed by atoms with Crippen LogP contribution in [0.25, 0.3) is 10.9 Å². The summed E-state index contributed by atoms with van der Waals surface area (Å²) in [6, 6.07) is 13.5. The maximum atomic E-state index is 12.7. The summed E-state index contributed by atoms with van der Waals surface area (Å²) in [5, 5.41) is 3.91. The molecule has 1 aliphatic heterocycles. The largest absolute Gasteiger partial charge is 0.350 e. The highest BCUT2D eigenvalue weighted by atomic mass is 16.2. The third kappa shape index (κ3) is 2.25. The van der Waals surface area contributed by atoms with Gasteiger partial charge in [0.25, 0.3) is 5.91 Å². The molecule has 5 heteroatoms. The number of amides is 2. The van der Waals surface area contributed by atoms with E-state index in [1.807, 2.05) is 42.1 Å². The van der Waals surface area contributed by atoms with Gasteiger partial charge in [0, 0.05) is 42.6 Å². The van der Waals surface area contributed by atoms with Gasteiger partial charge >= 0.3 is 0 Å². The molecule has 0 unspecified atom stereocenters. The number of carbonyl (C=O) groups excluding carboxylic acids is 2. The topological polar surface area (TPSA) is 54.3 Å². The minimum Gasteiger partial charge on any atom is -0.350 e. The number of benzene rings is 2. The number of aryl methyl sites for hydroxylation is 1. The number of hydrogen-bond acceptors (Lipinski definition) is 2. The van der Waals surface area contributed by atoms with Gasteiger partial charge in [-0.2, -0.15) is 0 Å². The van der Waals surface area contributed by atoms with Gasteiger partial charge in [-0.3, -0.25) is 9.59 Å². The molecule has 1 aromatic heterocycles. The van der Waals surface area contributed by atoms with Crippen LogP contribution in [-0.2, 0) is 18.4 Å². The van der Waals surface area contributed by atoms with Crippen molar-refractivity contribution in [2.75, 3.05) is 10.2 Å². The van der Waals surface area contributed by atoms with Crippen molar-refractivity contribution in [3.63, 3.8) is 0 Å². The van der Waals surface area contributed by atoms with Crippen LogP contribution in [-0.4, -0.2) is 16.4 Å². The molecule has 0 radical (unpaired) electrons. The van der Waals surface area contributed by atoms with E-state index in [-0.39, 0.29) is 11.8 Å². The molecule has 2 amide bonds. The molecule has 3 aromatic rings.